The van der Waals surface area contributed by atoms with Crippen LogP contribution < -0.4 is 5.73 Å². The van der Waals surface area contributed by atoms with E-state index < -0.39 is 0 Å². The molecule has 1 rings (SSSR count). The van der Waals surface area contributed by atoms with Crippen molar-refractivity contribution >= 4 is 0 Å². The van der Waals surface area contributed by atoms with Gasteiger partial charge in [0.2, 0.25) is 0 Å². The van der Waals surface area contributed by atoms with Crippen LogP contribution in [0.3, 0.4) is 0 Å². The van der Waals surface area contributed by atoms with Gasteiger partial charge in [-0.15, -0.1) is 0 Å². The summed E-state index contributed by atoms with van der Waals surface area (Å²) in [5.41, 5.74) is 5.77. The quantitative estimate of drug-likeness (QED) is 0.612. The minimum atomic E-state index is 0.695. The lowest BCUT2D eigenvalue weighted by Crippen LogP contribution is -2.35. The highest BCUT2D eigenvalue weighted by Crippen LogP contribution is 2.17. The Labute approximate surface area is 102 Å². The van der Waals surface area contributed by atoms with Crippen molar-refractivity contribution in [2.24, 2.45) is 5.73 Å². The maximum atomic E-state index is 5.77. The van der Waals surface area contributed by atoms with E-state index in [0.717, 1.165) is 6.54 Å². The normalized spacial score (nSPS) is 21.8. The molecule has 0 aromatic heterocycles. The van der Waals surface area contributed by atoms with E-state index in [4.69, 9.17) is 5.73 Å². The molecule has 2 nitrogen and oxygen atoms in total. The van der Waals surface area contributed by atoms with E-state index >= 15 is 0 Å². The summed E-state index contributed by atoms with van der Waals surface area (Å²) in [6, 6.07) is 0.695. The lowest BCUT2D eigenvalue weighted by molar-refractivity contribution is 0.252. The van der Waals surface area contributed by atoms with Gasteiger partial charge in [0.25, 0.3) is 0 Å². The molecule has 2 heteroatoms. The van der Waals surface area contributed by atoms with Crippen LogP contribution in [0.5, 0.6) is 0 Å². The van der Waals surface area contributed by atoms with Crippen LogP contribution in [0.15, 0.2) is 0 Å². The zero-order chi connectivity index (χ0) is 11.6. The van der Waals surface area contributed by atoms with Crippen LogP contribution in [0.25, 0.3) is 0 Å². The van der Waals surface area contributed by atoms with E-state index in [0.29, 0.717) is 6.04 Å². The van der Waals surface area contributed by atoms with Crippen molar-refractivity contribution in [2.45, 2.75) is 70.8 Å². The van der Waals surface area contributed by atoms with Crippen molar-refractivity contribution in [3.8, 4) is 0 Å². The summed E-state index contributed by atoms with van der Waals surface area (Å²) in [6.45, 7) is 5.71. The maximum Gasteiger partial charge on any atom is 0.0218 e. The van der Waals surface area contributed by atoms with E-state index in [1.165, 1.54) is 70.9 Å². The average molecular weight is 226 g/mol. The SMILES string of the molecule is CCCCCCCCCN1CCC[C@@H]1CN. The molecule has 0 aromatic rings. The third-order valence-electron chi connectivity index (χ3n) is 3.82. The van der Waals surface area contributed by atoms with Gasteiger partial charge in [-0.3, -0.25) is 4.90 Å². The van der Waals surface area contributed by atoms with Crippen molar-refractivity contribution in [3.05, 3.63) is 0 Å². The van der Waals surface area contributed by atoms with Crippen LogP contribution in [0.1, 0.15) is 64.7 Å². The molecule has 1 heterocycles. The van der Waals surface area contributed by atoms with Gasteiger partial charge in [0.05, 0.1) is 0 Å². The minimum Gasteiger partial charge on any atom is -0.329 e. The fourth-order valence-corrected chi connectivity index (χ4v) is 2.73. The molecule has 1 saturated heterocycles. The summed E-state index contributed by atoms with van der Waals surface area (Å²) in [6.07, 6.45) is 12.6. The van der Waals surface area contributed by atoms with E-state index in [2.05, 4.69) is 11.8 Å². The van der Waals surface area contributed by atoms with Crippen molar-refractivity contribution < 1.29 is 0 Å². The van der Waals surface area contributed by atoms with Crippen LogP contribution in [0, 0.1) is 0 Å². The highest BCUT2D eigenvalue weighted by atomic mass is 15.2. The molecule has 0 bridgehead atoms. The first-order valence-electron chi connectivity index (χ1n) is 7.32. The Hall–Kier alpha value is -0.0800. The highest BCUT2D eigenvalue weighted by molar-refractivity contribution is 4.79. The van der Waals surface area contributed by atoms with Gasteiger partial charge in [-0.05, 0) is 32.4 Å². The summed E-state index contributed by atoms with van der Waals surface area (Å²) < 4.78 is 0. The number of rotatable bonds is 9. The third-order valence-corrected chi connectivity index (χ3v) is 3.82. The Morgan fingerprint density at radius 2 is 1.75 bits per heavy atom. The molecule has 0 unspecified atom stereocenters. The number of hydrogen-bond donors (Lipinski definition) is 1. The van der Waals surface area contributed by atoms with E-state index in [-0.39, 0.29) is 0 Å². The van der Waals surface area contributed by atoms with Gasteiger partial charge in [-0.25, -0.2) is 0 Å². The van der Waals surface area contributed by atoms with Crippen LogP contribution in [0.2, 0.25) is 0 Å². The predicted octanol–water partition coefficient (Wildman–Crippen LogP) is 3.16. The van der Waals surface area contributed by atoms with Gasteiger partial charge in [0.1, 0.15) is 0 Å². The van der Waals surface area contributed by atoms with Crippen molar-refractivity contribution in [2.75, 3.05) is 19.6 Å². The summed E-state index contributed by atoms with van der Waals surface area (Å²) >= 11 is 0. The molecule has 1 fully saturated rings. The second kappa shape index (κ2) is 9.00. The molecule has 0 aromatic carbocycles. The Bertz CT molecular complexity index is 159. The molecule has 96 valence electrons. The zero-order valence-electron chi connectivity index (χ0n) is 11.1. The molecular weight excluding hydrogens is 196 g/mol. The van der Waals surface area contributed by atoms with E-state index in [1.807, 2.05) is 0 Å². The van der Waals surface area contributed by atoms with Crippen molar-refractivity contribution in [1.29, 1.82) is 0 Å². The molecule has 1 atom stereocenters. The first-order valence-corrected chi connectivity index (χ1v) is 7.32. The van der Waals surface area contributed by atoms with Gasteiger partial charge in [0, 0.05) is 12.6 Å². The zero-order valence-corrected chi connectivity index (χ0v) is 11.1. The molecule has 1 aliphatic heterocycles. The molecule has 0 aliphatic carbocycles. The number of nitrogens with zero attached hydrogens (tertiary/aromatic N) is 1. The second-order valence-corrected chi connectivity index (χ2v) is 5.19. The first-order chi connectivity index (χ1) is 7.88. The lowest BCUT2D eigenvalue weighted by atomic mass is 10.1. The Morgan fingerprint density at radius 1 is 1.06 bits per heavy atom. The lowest BCUT2D eigenvalue weighted by Gasteiger charge is -2.22. The Balaban J connectivity index is 1.90. The van der Waals surface area contributed by atoms with Gasteiger partial charge in [-0.1, -0.05) is 45.4 Å². The molecule has 16 heavy (non-hydrogen) atoms. The largest absolute Gasteiger partial charge is 0.329 e. The number of unbranched alkanes of at least 4 members (excludes halogenated alkanes) is 6. The predicted molar refractivity (Wildman–Crippen MR) is 71.6 cm³/mol. The highest BCUT2D eigenvalue weighted by Gasteiger charge is 2.21. The van der Waals surface area contributed by atoms with Crippen LogP contribution in [-0.2, 0) is 0 Å². The van der Waals surface area contributed by atoms with Gasteiger partial charge >= 0.3 is 0 Å². The fraction of sp³-hybridized carbons (Fsp3) is 1.00. The fourth-order valence-electron chi connectivity index (χ4n) is 2.73. The number of hydrogen-bond acceptors (Lipinski definition) is 2. The molecule has 2 N–H and O–H groups in total. The summed E-state index contributed by atoms with van der Waals surface area (Å²) in [5.74, 6) is 0. The topological polar surface area (TPSA) is 29.3 Å². The van der Waals surface area contributed by atoms with Gasteiger partial charge < -0.3 is 5.73 Å². The minimum absolute atomic E-state index is 0.695. The van der Waals surface area contributed by atoms with Crippen LogP contribution in [-0.4, -0.2) is 30.6 Å². The van der Waals surface area contributed by atoms with Crippen molar-refractivity contribution in [1.82, 2.24) is 4.90 Å². The van der Waals surface area contributed by atoms with E-state index in [9.17, 15) is 0 Å². The number of nitrogens with two attached hydrogens (primary N) is 1. The molecular formula is C14H30N2. The summed E-state index contributed by atoms with van der Waals surface area (Å²) in [4.78, 5) is 2.60. The molecule has 1 aliphatic rings. The smallest absolute Gasteiger partial charge is 0.0218 e. The molecule has 0 saturated carbocycles. The molecule has 0 spiro atoms. The Kier molecular flexibility index (Phi) is 7.87. The Morgan fingerprint density at radius 3 is 2.44 bits per heavy atom. The summed E-state index contributed by atoms with van der Waals surface area (Å²) in [5, 5.41) is 0. The number of likely N-dealkylation sites (tertiary alicyclic amines) is 1. The standard InChI is InChI=1S/C14H30N2/c1-2-3-4-5-6-7-8-11-16-12-9-10-14(16)13-15/h14H,2-13,15H2,1H3/t14-/m1/s1. The van der Waals surface area contributed by atoms with Gasteiger partial charge in [0.15, 0.2) is 0 Å². The van der Waals surface area contributed by atoms with Crippen LogP contribution >= 0.6 is 0 Å². The second-order valence-electron chi connectivity index (χ2n) is 5.19. The molecule has 0 radical (unpaired) electrons. The van der Waals surface area contributed by atoms with E-state index in [1.54, 1.807) is 0 Å². The third kappa shape index (κ3) is 5.31. The van der Waals surface area contributed by atoms with Crippen LogP contribution in [0.4, 0.5) is 0 Å². The average Bonchev–Trinajstić information content (AvgIpc) is 2.75. The van der Waals surface area contributed by atoms with Gasteiger partial charge in [-0.2, -0.15) is 0 Å². The summed E-state index contributed by atoms with van der Waals surface area (Å²) in [7, 11) is 0. The maximum absolute atomic E-state index is 5.77. The van der Waals surface area contributed by atoms with Crippen molar-refractivity contribution in [3.63, 3.8) is 0 Å². The monoisotopic (exact) mass is 226 g/mol. The first kappa shape index (κ1) is 14.0. The molecule has 0 amide bonds.